The van der Waals surface area contributed by atoms with Gasteiger partial charge in [-0.2, -0.15) is 0 Å². The fourth-order valence-corrected chi connectivity index (χ4v) is 3.45. The molecule has 1 aliphatic carbocycles. The van der Waals surface area contributed by atoms with Crippen molar-refractivity contribution in [3.63, 3.8) is 0 Å². The van der Waals surface area contributed by atoms with Crippen LogP contribution in [0.2, 0.25) is 5.02 Å². The van der Waals surface area contributed by atoms with E-state index in [1.807, 2.05) is 12.1 Å². The van der Waals surface area contributed by atoms with Gasteiger partial charge in [-0.05, 0) is 48.7 Å². The van der Waals surface area contributed by atoms with E-state index in [0.29, 0.717) is 28.8 Å². The van der Waals surface area contributed by atoms with Crippen LogP contribution in [0.15, 0.2) is 52.1 Å². The van der Waals surface area contributed by atoms with Crippen molar-refractivity contribution in [1.82, 2.24) is 9.13 Å². The molecule has 122 valence electrons. The molecule has 0 unspecified atom stereocenters. The van der Waals surface area contributed by atoms with E-state index in [0.717, 1.165) is 5.56 Å². The number of halogens is 2. The molecule has 0 radical (unpaired) electrons. The van der Waals surface area contributed by atoms with Gasteiger partial charge < -0.3 is 0 Å². The molecule has 1 saturated carbocycles. The highest BCUT2D eigenvalue weighted by Crippen LogP contribution is 2.48. The molecular weight excluding hydrogens is 331 g/mol. The first-order valence-corrected chi connectivity index (χ1v) is 8.00. The summed E-state index contributed by atoms with van der Waals surface area (Å²) in [6.45, 7) is 0. The molecular formula is C18H14ClFN2O2. The molecule has 2 aromatic carbocycles. The fourth-order valence-electron chi connectivity index (χ4n) is 3.32. The van der Waals surface area contributed by atoms with Gasteiger partial charge in [0.15, 0.2) is 0 Å². The lowest BCUT2D eigenvalue weighted by Gasteiger charge is -2.20. The van der Waals surface area contributed by atoms with Gasteiger partial charge in [0.2, 0.25) is 0 Å². The van der Waals surface area contributed by atoms with E-state index in [1.54, 1.807) is 19.2 Å². The second kappa shape index (κ2) is 5.05. The Bertz CT molecular complexity index is 1080. The zero-order chi connectivity index (χ0) is 17.1. The van der Waals surface area contributed by atoms with Gasteiger partial charge in [0.05, 0.1) is 16.4 Å². The van der Waals surface area contributed by atoms with Crippen molar-refractivity contribution in [2.75, 3.05) is 0 Å². The molecule has 0 aliphatic heterocycles. The van der Waals surface area contributed by atoms with Crippen LogP contribution in [-0.4, -0.2) is 9.13 Å². The fraction of sp³-hybridized carbons (Fsp3) is 0.222. The summed E-state index contributed by atoms with van der Waals surface area (Å²) < 4.78 is 16.1. The molecule has 24 heavy (non-hydrogen) atoms. The number of nitrogens with zero attached hydrogens (tertiary/aromatic N) is 2. The second-order valence-electron chi connectivity index (χ2n) is 6.18. The second-order valence-corrected chi connectivity index (χ2v) is 6.62. The highest BCUT2D eigenvalue weighted by atomic mass is 35.5. The first kappa shape index (κ1) is 15.1. The third-order valence-corrected chi connectivity index (χ3v) is 5.02. The van der Waals surface area contributed by atoms with Crippen LogP contribution in [0, 0.1) is 5.82 Å². The molecule has 0 N–H and O–H groups in total. The van der Waals surface area contributed by atoms with Gasteiger partial charge in [0.1, 0.15) is 5.82 Å². The number of hydrogen-bond acceptors (Lipinski definition) is 2. The average Bonchev–Trinajstić information content (AvgIpc) is 3.35. The largest absolute Gasteiger partial charge is 0.332 e. The van der Waals surface area contributed by atoms with E-state index in [1.165, 1.54) is 27.3 Å². The van der Waals surface area contributed by atoms with E-state index in [2.05, 4.69) is 0 Å². The topological polar surface area (TPSA) is 44.0 Å². The summed E-state index contributed by atoms with van der Waals surface area (Å²) in [5.74, 6) is -0.478. The van der Waals surface area contributed by atoms with Crippen molar-refractivity contribution in [1.29, 1.82) is 0 Å². The third kappa shape index (κ3) is 2.04. The van der Waals surface area contributed by atoms with Crippen molar-refractivity contribution in [2.24, 2.45) is 7.05 Å². The van der Waals surface area contributed by atoms with E-state index in [9.17, 15) is 14.0 Å². The minimum absolute atomic E-state index is 0.299. The van der Waals surface area contributed by atoms with Crippen molar-refractivity contribution >= 4 is 22.5 Å². The van der Waals surface area contributed by atoms with Gasteiger partial charge >= 0.3 is 5.69 Å². The summed E-state index contributed by atoms with van der Waals surface area (Å²) in [5.41, 5.74) is -0.286. The third-order valence-electron chi connectivity index (χ3n) is 4.77. The minimum atomic E-state index is -0.640. The SMILES string of the molecule is Cn1c(=O)n(C2(c3ccc(Cl)cc3)CC2)c(=O)c2ccc(F)cc21. The number of aryl methyl sites for hydroxylation is 1. The standard InChI is InChI=1S/C18H14ClFN2O2/c1-21-15-10-13(20)6-7-14(15)16(23)22(17(21)24)18(8-9-18)11-2-4-12(19)5-3-11/h2-7,10H,8-9H2,1H3. The Balaban J connectivity index is 2.05. The number of aromatic nitrogens is 2. The number of benzene rings is 2. The average molecular weight is 345 g/mol. The van der Waals surface area contributed by atoms with E-state index >= 15 is 0 Å². The van der Waals surface area contributed by atoms with Crippen LogP contribution in [0.25, 0.3) is 10.9 Å². The van der Waals surface area contributed by atoms with Gasteiger partial charge in [-0.1, -0.05) is 23.7 Å². The van der Waals surface area contributed by atoms with Crippen molar-refractivity contribution in [3.8, 4) is 0 Å². The van der Waals surface area contributed by atoms with Gasteiger partial charge in [0, 0.05) is 12.1 Å². The Labute approximate surface area is 141 Å². The van der Waals surface area contributed by atoms with Crippen molar-refractivity contribution in [3.05, 3.63) is 79.7 Å². The Morgan fingerprint density at radius 3 is 2.38 bits per heavy atom. The summed E-state index contributed by atoms with van der Waals surface area (Å²) in [6, 6.07) is 11.1. The van der Waals surface area contributed by atoms with Gasteiger partial charge in [0.25, 0.3) is 5.56 Å². The summed E-state index contributed by atoms with van der Waals surface area (Å²) in [4.78, 5) is 25.8. The van der Waals surface area contributed by atoms with Crippen LogP contribution < -0.4 is 11.2 Å². The summed E-state index contributed by atoms with van der Waals surface area (Å²) in [6.07, 6.45) is 1.41. The predicted octanol–water partition coefficient (Wildman–Crippen LogP) is 3.03. The molecule has 0 spiro atoms. The molecule has 1 aromatic heterocycles. The highest BCUT2D eigenvalue weighted by Gasteiger charge is 2.48. The predicted molar refractivity (Wildman–Crippen MR) is 91.2 cm³/mol. The number of fused-ring (bicyclic) bond motifs is 1. The lowest BCUT2D eigenvalue weighted by Crippen LogP contribution is -2.45. The van der Waals surface area contributed by atoms with Crippen LogP contribution in [0.5, 0.6) is 0 Å². The van der Waals surface area contributed by atoms with Crippen LogP contribution in [0.1, 0.15) is 18.4 Å². The smallest absolute Gasteiger partial charge is 0.296 e. The quantitative estimate of drug-likeness (QED) is 0.717. The molecule has 1 heterocycles. The molecule has 0 amide bonds. The molecule has 1 aliphatic rings. The molecule has 4 rings (SSSR count). The van der Waals surface area contributed by atoms with E-state index in [4.69, 9.17) is 11.6 Å². The maximum absolute atomic E-state index is 13.5. The Hall–Kier alpha value is -2.40. The summed E-state index contributed by atoms with van der Waals surface area (Å²) >= 11 is 5.94. The zero-order valence-electron chi connectivity index (χ0n) is 12.9. The monoisotopic (exact) mass is 344 g/mol. The summed E-state index contributed by atoms with van der Waals surface area (Å²) in [5, 5.41) is 0.933. The molecule has 0 atom stereocenters. The van der Waals surface area contributed by atoms with Crippen molar-refractivity contribution in [2.45, 2.75) is 18.4 Å². The Morgan fingerprint density at radius 1 is 1.08 bits per heavy atom. The zero-order valence-corrected chi connectivity index (χ0v) is 13.7. The van der Waals surface area contributed by atoms with Crippen LogP contribution in [-0.2, 0) is 12.6 Å². The molecule has 0 bridgehead atoms. The van der Waals surface area contributed by atoms with Crippen molar-refractivity contribution < 1.29 is 4.39 Å². The first-order valence-electron chi connectivity index (χ1n) is 7.62. The van der Waals surface area contributed by atoms with Crippen LogP contribution in [0.4, 0.5) is 4.39 Å². The maximum atomic E-state index is 13.5. The highest BCUT2D eigenvalue weighted by molar-refractivity contribution is 6.30. The maximum Gasteiger partial charge on any atom is 0.332 e. The summed E-state index contributed by atoms with van der Waals surface area (Å²) in [7, 11) is 1.55. The lowest BCUT2D eigenvalue weighted by molar-refractivity contribution is 0.509. The Morgan fingerprint density at radius 2 is 1.75 bits per heavy atom. The van der Waals surface area contributed by atoms with E-state index in [-0.39, 0.29) is 5.56 Å². The van der Waals surface area contributed by atoms with Crippen LogP contribution in [0.3, 0.4) is 0 Å². The first-order chi connectivity index (χ1) is 11.4. The number of rotatable bonds is 2. The van der Waals surface area contributed by atoms with Gasteiger partial charge in [-0.15, -0.1) is 0 Å². The number of hydrogen-bond donors (Lipinski definition) is 0. The molecule has 4 nitrogen and oxygen atoms in total. The van der Waals surface area contributed by atoms with E-state index < -0.39 is 17.0 Å². The van der Waals surface area contributed by atoms with Gasteiger partial charge in [-0.25, -0.2) is 13.8 Å². The molecule has 1 fully saturated rings. The molecule has 6 heteroatoms. The van der Waals surface area contributed by atoms with Gasteiger partial charge in [-0.3, -0.25) is 9.36 Å². The molecule has 0 saturated heterocycles. The van der Waals surface area contributed by atoms with Crippen LogP contribution >= 0.6 is 11.6 Å². The lowest BCUT2D eigenvalue weighted by atomic mass is 10.0. The molecule has 3 aromatic rings. The Kier molecular flexibility index (Phi) is 3.18. The minimum Gasteiger partial charge on any atom is -0.296 e. The normalized spacial score (nSPS) is 15.6.